The van der Waals surface area contributed by atoms with Crippen LogP contribution in [0.4, 0.5) is 5.13 Å². The van der Waals surface area contributed by atoms with E-state index in [-0.39, 0.29) is 10.9 Å². The van der Waals surface area contributed by atoms with E-state index in [0.717, 1.165) is 24.4 Å². The second-order valence-electron chi connectivity index (χ2n) is 3.04. The smallest absolute Gasteiger partial charge is 0.347 e. The van der Waals surface area contributed by atoms with Gasteiger partial charge < -0.3 is 15.2 Å². The quantitative estimate of drug-likeness (QED) is 0.786. The van der Waals surface area contributed by atoms with Gasteiger partial charge in [-0.3, -0.25) is 0 Å². The van der Waals surface area contributed by atoms with E-state index in [2.05, 4.69) is 10.3 Å². The zero-order chi connectivity index (χ0) is 9.97. The number of hydrogen-bond donors (Lipinski definition) is 2. The van der Waals surface area contributed by atoms with Crippen LogP contribution in [0.3, 0.4) is 0 Å². The monoisotopic (exact) mass is 214 g/mol. The number of thiazole rings is 1. The summed E-state index contributed by atoms with van der Waals surface area (Å²) in [6.45, 7) is 1.43. The zero-order valence-electron chi connectivity index (χ0n) is 7.40. The summed E-state index contributed by atoms with van der Waals surface area (Å²) in [5, 5.41) is 12.5. The topological polar surface area (TPSA) is 71.5 Å². The number of carbonyl (C=O) groups is 1. The molecule has 0 aliphatic carbocycles. The second-order valence-corrected chi connectivity index (χ2v) is 4.07. The number of rotatable bonds is 3. The zero-order valence-corrected chi connectivity index (χ0v) is 8.21. The van der Waals surface area contributed by atoms with Crippen molar-refractivity contribution in [1.82, 2.24) is 4.98 Å². The third-order valence-electron chi connectivity index (χ3n) is 1.97. The first-order chi connectivity index (χ1) is 6.75. The largest absolute Gasteiger partial charge is 0.477 e. The molecule has 2 heterocycles. The Bertz CT molecular complexity index is 333. The molecule has 1 saturated heterocycles. The van der Waals surface area contributed by atoms with Crippen LogP contribution in [0.1, 0.15) is 16.1 Å². The first-order valence-corrected chi connectivity index (χ1v) is 5.11. The normalized spacial score (nSPS) is 21.0. The van der Waals surface area contributed by atoms with E-state index < -0.39 is 5.97 Å². The average Bonchev–Trinajstić information content (AvgIpc) is 2.75. The minimum atomic E-state index is -0.932. The van der Waals surface area contributed by atoms with Gasteiger partial charge in [-0.2, -0.15) is 0 Å². The van der Waals surface area contributed by atoms with Crippen molar-refractivity contribution in [3.8, 4) is 0 Å². The van der Waals surface area contributed by atoms with Crippen LogP contribution >= 0.6 is 11.3 Å². The predicted molar refractivity (Wildman–Crippen MR) is 51.9 cm³/mol. The van der Waals surface area contributed by atoms with E-state index in [1.165, 1.54) is 6.20 Å². The van der Waals surface area contributed by atoms with E-state index in [4.69, 9.17) is 9.84 Å². The molecule has 0 radical (unpaired) electrons. The molecule has 1 fully saturated rings. The molecule has 1 aliphatic heterocycles. The van der Waals surface area contributed by atoms with Gasteiger partial charge in [0.2, 0.25) is 0 Å². The molecule has 2 N–H and O–H groups in total. The maximum Gasteiger partial charge on any atom is 0.347 e. The number of aromatic nitrogens is 1. The first kappa shape index (κ1) is 9.42. The number of aromatic carboxylic acids is 1. The van der Waals surface area contributed by atoms with E-state index in [1.807, 2.05) is 0 Å². The summed E-state index contributed by atoms with van der Waals surface area (Å²) < 4.78 is 5.18. The fourth-order valence-corrected chi connectivity index (χ4v) is 1.99. The summed E-state index contributed by atoms with van der Waals surface area (Å²) >= 11 is 1.15. The standard InChI is InChI=1S/C8H10N2O3S/c11-7(12)6-3-9-8(14-6)10-5-1-2-13-4-5/h3,5H,1-2,4H2,(H,9,10)(H,11,12). The lowest BCUT2D eigenvalue weighted by Crippen LogP contribution is -2.18. The van der Waals surface area contributed by atoms with Crippen LogP contribution in [0.2, 0.25) is 0 Å². The SMILES string of the molecule is O=C(O)c1cnc(NC2CCOC2)s1. The molecule has 1 unspecified atom stereocenters. The summed E-state index contributed by atoms with van der Waals surface area (Å²) in [7, 11) is 0. The molecule has 1 aliphatic rings. The summed E-state index contributed by atoms with van der Waals surface area (Å²) in [6.07, 6.45) is 2.31. The molecular formula is C8H10N2O3S. The van der Waals surface area contributed by atoms with Crippen molar-refractivity contribution < 1.29 is 14.6 Å². The molecule has 1 aromatic rings. The Hall–Kier alpha value is -1.14. The molecule has 1 aromatic heterocycles. The molecule has 0 spiro atoms. The second kappa shape index (κ2) is 3.93. The van der Waals surface area contributed by atoms with Crippen LogP contribution in [-0.4, -0.2) is 35.3 Å². The van der Waals surface area contributed by atoms with Crippen LogP contribution in [0, 0.1) is 0 Å². The third-order valence-corrected chi connectivity index (χ3v) is 2.89. The lowest BCUT2D eigenvalue weighted by Gasteiger charge is -2.07. The molecule has 76 valence electrons. The minimum absolute atomic E-state index is 0.256. The lowest BCUT2D eigenvalue weighted by atomic mass is 10.3. The fraction of sp³-hybridized carbons (Fsp3) is 0.500. The van der Waals surface area contributed by atoms with Crippen molar-refractivity contribution in [2.45, 2.75) is 12.5 Å². The number of carboxylic acid groups (broad SMARTS) is 1. The summed E-state index contributed by atoms with van der Waals surface area (Å²) in [4.78, 5) is 14.8. The van der Waals surface area contributed by atoms with Crippen LogP contribution in [0.15, 0.2) is 6.20 Å². The number of carboxylic acids is 1. The summed E-state index contributed by atoms with van der Waals surface area (Å²) in [6, 6.07) is 0.266. The maximum absolute atomic E-state index is 10.6. The van der Waals surface area contributed by atoms with Crippen LogP contribution in [0.25, 0.3) is 0 Å². The van der Waals surface area contributed by atoms with Gasteiger partial charge >= 0.3 is 5.97 Å². The fourth-order valence-electron chi connectivity index (χ4n) is 1.26. The van der Waals surface area contributed by atoms with Crippen molar-refractivity contribution in [3.05, 3.63) is 11.1 Å². The molecule has 0 amide bonds. The van der Waals surface area contributed by atoms with Gasteiger partial charge in [-0.25, -0.2) is 9.78 Å². The van der Waals surface area contributed by atoms with Gasteiger partial charge in [0.1, 0.15) is 4.88 Å². The predicted octanol–water partition coefficient (Wildman–Crippen LogP) is 1.04. The van der Waals surface area contributed by atoms with Crippen LogP contribution in [0.5, 0.6) is 0 Å². The summed E-state index contributed by atoms with van der Waals surface area (Å²) in [5.41, 5.74) is 0. The number of nitrogens with one attached hydrogen (secondary N) is 1. The van der Waals surface area contributed by atoms with Crippen LogP contribution in [-0.2, 0) is 4.74 Å². The molecule has 5 nitrogen and oxygen atoms in total. The molecule has 2 rings (SSSR count). The average molecular weight is 214 g/mol. The Labute approximate surface area is 84.7 Å². The number of ether oxygens (including phenoxy) is 1. The van der Waals surface area contributed by atoms with E-state index in [9.17, 15) is 4.79 Å². The highest BCUT2D eigenvalue weighted by Crippen LogP contribution is 2.20. The van der Waals surface area contributed by atoms with Gasteiger partial charge in [0.25, 0.3) is 0 Å². The Morgan fingerprint density at radius 3 is 3.21 bits per heavy atom. The van der Waals surface area contributed by atoms with Crippen molar-refractivity contribution in [1.29, 1.82) is 0 Å². The van der Waals surface area contributed by atoms with E-state index >= 15 is 0 Å². The van der Waals surface area contributed by atoms with Gasteiger partial charge in [-0.05, 0) is 6.42 Å². The van der Waals surface area contributed by atoms with Crippen molar-refractivity contribution in [2.75, 3.05) is 18.5 Å². The lowest BCUT2D eigenvalue weighted by molar-refractivity contribution is 0.0702. The number of anilines is 1. The highest BCUT2D eigenvalue weighted by molar-refractivity contribution is 7.17. The highest BCUT2D eigenvalue weighted by Gasteiger charge is 2.17. The van der Waals surface area contributed by atoms with Gasteiger partial charge in [0.15, 0.2) is 5.13 Å². The van der Waals surface area contributed by atoms with Gasteiger partial charge in [-0.15, -0.1) is 0 Å². The van der Waals surface area contributed by atoms with Gasteiger partial charge in [-0.1, -0.05) is 11.3 Å². The van der Waals surface area contributed by atoms with Gasteiger partial charge in [0.05, 0.1) is 18.8 Å². The molecule has 6 heteroatoms. The number of nitrogens with zero attached hydrogens (tertiary/aromatic N) is 1. The van der Waals surface area contributed by atoms with E-state index in [1.54, 1.807) is 0 Å². The molecular weight excluding hydrogens is 204 g/mol. The Morgan fingerprint density at radius 2 is 2.64 bits per heavy atom. The first-order valence-electron chi connectivity index (χ1n) is 4.29. The molecule has 14 heavy (non-hydrogen) atoms. The van der Waals surface area contributed by atoms with E-state index in [0.29, 0.717) is 11.7 Å². The van der Waals surface area contributed by atoms with Crippen LogP contribution < -0.4 is 5.32 Å². The number of hydrogen-bond acceptors (Lipinski definition) is 5. The minimum Gasteiger partial charge on any atom is -0.477 e. The highest BCUT2D eigenvalue weighted by atomic mass is 32.1. The Kier molecular flexibility index (Phi) is 2.64. The van der Waals surface area contributed by atoms with Crippen molar-refractivity contribution >= 4 is 22.4 Å². The molecule has 0 bridgehead atoms. The van der Waals surface area contributed by atoms with Gasteiger partial charge in [0, 0.05) is 6.61 Å². The Morgan fingerprint density at radius 1 is 1.79 bits per heavy atom. The summed E-state index contributed by atoms with van der Waals surface area (Å²) in [5.74, 6) is -0.932. The third kappa shape index (κ3) is 2.02. The Balaban J connectivity index is 1.98. The molecule has 0 aromatic carbocycles. The molecule has 0 saturated carbocycles. The maximum atomic E-state index is 10.6. The van der Waals surface area contributed by atoms with Crippen molar-refractivity contribution in [3.63, 3.8) is 0 Å². The molecule has 1 atom stereocenters. The van der Waals surface area contributed by atoms with Crippen molar-refractivity contribution in [2.24, 2.45) is 0 Å².